The van der Waals surface area contributed by atoms with E-state index in [0.717, 1.165) is 31.2 Å². The lowest BCUT2D eigenvalue weighted by Gasteiger charge is -2.38. The molecule has 1 aromatic carbocycles. The summed E-state index contributed by atoms with van der Waals surface area (Å²) in [6.07, 6.45) is 4.37. The summed E-state index contributed by atoms with van der Waals surface area (Å²) < 4.78 is 13.1. The van der Waals surface area contributed by atoms with Gasteiger partial charge in [-0.15, -0.1) is 0 Å². The Morgan fingerprint density at radius 3 is 2.85 bits per heavy atom. The van der Waals surface area contributed by atoms with E-state index in [-0.39, 0.29) is 11.9 Å². The Labute approximate surface area is 119 Å². The first kappa shape index (κ1) is 15.0. The van der Waals surface area contributed by atoms with Crippen LogP contribution in [0.1, 0.15) is 50.5 Å². The third kappa shape index (κ3) is 3.79. The van der Waals surface area contributed by atoms with Crippen molar-refractivity contribution in [3.8, 4) is 0 Å². The molecule has 0 heterocycles. The summed E-state index contributed by atoms with van der Waals surface area (Å²) in [6, 6.07) is 6.48. The number of hydrogen-bond acceptors (Lipinski definition) is 2. The fourth-order valence-corrected chi connectivity index (χ4v) is 2.76. The molecule has 0 radical (unpaired) electrons. The first-order valence-electron chi connectivity index (χ1n) is 7.34. The minimum absolute atomic E-state index is 0.203. The predicted molar refractivity (Wildman–Crippen MR) is 76.2 cm³/mol. The molecule has 110 valence electrons. The summed E-state index contributed by atoms with van der Waals surface area (Å²) in [5, 5.41) is 12.4. The molecule has 0 spiro atoms. The van der Waals surface area contributed by atoms with Gasteiger partial charge < -0.3 is 10.4 Å². The van der Waals surface area contributed by atoms with Crippen molar-refractivity contribution in [2.45, 2.75) is 57.0 Å². The highest BCUT2D eigenvalue weighted by Crippen LogP contribution is 2.37. The summed E-state index contributed by atoms with van der Waals surface area (Å²) in [5.41, 5.74) is 1.02. The zero-order chi connectivity index (χ0) is 14.5. The number of carbonyl (C=O) groups is 1. The maximum absolute atomic E-state index is 13.1. The highest BCUT2D eigenvalue weighted by Gasteiger charge is 2.33. The van der Waals surface area contributed by atoms with Crippen molar-refractivity contribution >= 4 is 5.97 Å². The number of unbranched alkanes of at least 4 members (excludes halogenated alkanes) is 1. The van der Waals surface area contributed by atoms with Crippen molar-refractivity contribution in [1.82, 2.24) is 5.32 Å². The molecule has 1 saturated carbocycles. The van der Waals surface area contributed by atoms with Crippen LogP contribution < -0.4 is 5.32 Å². The number of aliphatic carboxylic acids is 1. The first-order chi connectivity index (χ1) is 9.60. The topological polar surface area (TPSA) is 49.3 Å². The number of carboxylic acid groups (broad SMARTS) is 1. The number of hydrogen-bond donors (Lipinski definition) is 2. The second kappa shape index (κ2) is 6.84. The molecular formula is C16H22FNO2. The van der Waals surface area contributed by atoms with Gasteiger partial charge in [-0.25, -0.2) is 4.39 Å². The van der Waals surface area contributed by atoms with Crippen LogP contribution in [0.15, 0.2) is 24.3 Å². The number of nitrogens with one attached hydrogen (secondary N) is 1. The van der Waals surface area contributed by atoms with E-state index >= 15 is 0 Å². The van der Waals surface area contributed by atoms with Gasteiger partial charge in [0.15, 0.2) is 0 Å². The van der Waals surface area contributed by atoms with Gasteiger partial charge in [0, 0.05) is 6.04 Å². The van der Waals surface area contributed by atoms with Crippen LogP contribution in [0, 0.1) is 5.82 Å². The van der Waals surface area contributed by atoms with Crippen LogP contribution in [-0.4, -0.2) is 23.2 Å². The van der Waals surface area contributed by atoms with Gasteiger partial charge in [0.25, 0.3) is 0 Å². The molecule has 0 aromatic heterocycles. The molecule has 20 heavy (non-hydrogen) atoms. The van der Waals surface area contributed by atoms with Gasteiger partial charge in [-0.1, -0.05) is 31.9 Å². The van der Waals surface area contributed by atoms with Crippen LogP contribution in [0.4, 0.5) is 4.39 Å². The van der Waals surface area contributed by atoms with Gasteiger partial charge in [-0.3, -0.25) is 4.79 Å². The Hall–Kier alpha value is -1.42. The zero-order valence-electron chi connectivity index (χ0n) is 11.8. The van der Waals surface area contributed by atoms with Crippen molar-refractivity contribution in [1.29, 1.82) is 0 Å². The summed E-state index contributed by atoms with van der Waals surface area (Å²) in [6.45, 7) is 2.06. The Balaban J connectivity index is 1.82. The Morgan fingerprint density at radius 2 is 2.25 bits per heavy atom. The number of rotatable bonds is 7. The molecule has 0 amide bonds. The van der Waals surface area contributed by atoms with Crippen LogP contribution in [-0.2, 0) is 4.79 Å². The molecule has 3 nitrogen and oxygen atoms in total. The van der Waals surface area contributed by atoms with Gasteiger partial charge in [-0.2, -0.15) is 0 Å². The summed E-state index contributed by atoms with van der Waals surface area (Å²) >= 11 is 0. The van der Waals surface area contributed by atoms with Crippen molar-refractivity contribution in [2.24, 2.45) is 0 Å². The second-order valence-electron chi connectivity index (χ2n) is 5.62. The molecule has 0 saturated heterocycles. The first-order valence-corrected chi connectivity index (χ1v) is 7.34. The van der Waals surface area contributed by atoms with E-state index in [2.05, 4.69) is 12.2 Å². The molecule has 0 unspecified atom stereocenters. The quantitative estimate of drug-likeness (QED) is 0.805. The lowest BCUT2D eigenvalue weighted by atomic mass is 9.75. The van der Waals surface area contributed by atoms with E-state index in [1.165, 1.54) is 6.07 Å². The van der Waals surface area contributed by atoms with Crippen molar-refractivity contribution in [3.63, 3.8) is 0 Å². The molecule has 1 aromatic rings. The largest absolute Gasteiger partial charge is 0.480 e. The highest BCUT2D eigenvalue weighted by atomic mass is 19.1. The van der Waals surface area contributed by atoms with E-state index in [1.54, 1.807) is 12.1 Å². The average molecular weight is 279 g/mol. The molecule has 0 bridgehead atoms. The fourth-order valence-electron chi connectivity index (χ4n) is 2.76. The van der Waals surface area contributed by atoms with Gasteiger partial charge in [0.05, 0.1) is 0 Å². The lowest BCUT2D eigenvalue weighted by Crippen LogP contribution is -2.48. The van der Waals surface area contributed by atoms with Crippen molar-refractivity contribution in [2.75, 3.05) is 0 Å². The van der Waals surface area contributed by atoms with Crippen LogP contribution >= 0.6 is 0 Å². The predicted octanol–water partition coefficient (Wildman–Crippen LogP) is 3.30. The molecule has 0 aliphatic heterocycles. The Kier molecular flexibility index (Phi) is 5.12. The number of carboxylic acids is 1. The van der Waals surface area contributed by atoms with E-state index in [1.807, 2.05) is 6.07 Å². The van der Waals surface area contributed by atoms with Crippen LogP contribution in [0.5, 0.6) is 0 Å². The third-order valence-electron chi connectivity index (χ3n) is 4.04. The van der Waals surface area contributed by atoms with Gasteiger partial charge in [-0.05, 0) is 42.9 Å². The van der Waals surface area contributed by atoms with E-state index in [0.29, 0.717) is 12.3 Å². The molecule has 4 heteroatoms. The van der Waals surface area contributed by atoms with Gasteiger partial charge in [0.1, 0.15) is 11.9 Å². The lowest BCUT2D eigenvalue weighted by molar-refractivity contribution is -0.140. The number of benzene rings is 1. The third-order valence-corrected chi connectivity index (χ3v) is 4.04. The minimum atomic E-state index is -0.771. The average Bonchev–Trinajstić information content (AvgIpc) is 2.36. The summed E-state index contributed by atoms with van der Waals surface area (Å²) in [7, 11) is 0. The van der Waals surface area contributed by atoms with Crippen LogP contribution in [0.2, 0.25) is 0 Å². The Morgan fingerprint density at radius 1 is 1.50 bits per heavy atom. The monoisotopic (exact) mass is 279 g/mol. The smallest absolute Gasteiger partial charge is 0.320 e. The fraction of sp³-hybridized carbons (Fsp3) is 0.562. The maximum atomic E-state index is 13.1. The highest BCUT2D eigenvalue weighted by molar-refractivity contribution is 5.73. The molecule has 1 atom stereocenters. The standard InChI is InChI=1S/C16H22FNO2/c1-2-3-7-15(16(19)20)18-14-9-12(10-14)11-5-4-6-13(17)8-11/h4-6,8,12,14-15,18H,2-3,7,9-10H2,1H3,(H,19,20)/t12?,14?,15-/m0/s1. The number of halogens is 1. The molecule has 2 rings (SSSR count). The normalized spacial score (nSPS) is 23.1. The Bertz CT molecular complexity index is 458. The molecule has 1 aliphatic rings. The summed E-state index contributed by atoms with van der Waals surface area (Å²) in [5.74, 6) is -0.623. The van der Waals surface area contributed by atoms with Crippen molar-refractivity contribution < 1.29 is 14.3 Å². The second-order valence-corrected chi connectivity index (χ2v) is 5.62. The molecule has 1 fully saturated rings. The summed E-state index contributed by atoms with van der Waals surface area (Å²) in [4.78, 5) is 11.2. The van der Waals surface area contributed by atoms with E-state index in [4.69, 9.17) is 0 Å². The van der Waals surface area contributed by atoms with Gasteiger partial charge >= 0.3 is 5.97 Å². The molecule has 2 N–H and O–H groups in total. The SMILES string of the molecule is CCCC[C@H](NC1CC(c2cccc(F)c2)C1)C(=O)O. The molecular weight excluding hydrogens is 257 g/mol. The zero-order valence-corrected chi connectivity index (χ0v) is 11.8. The minimum Gasteiger partial charge on any atom is -0.480 e. The van der Waals surface area contributed by atoms with Crippen LogP contribution in [0.25, 0.3) is 0 Å². The van der Waals surface area contributed by atoms with E-state index in [9.17, 15) is 14.3 Å². The van der Waals surface area contributed by atoms with E-state index < -0.39 is 12.0 Å². The van der Waals surface area contributed by atoms with Gasteiger partial charge in [0.2, 0.25) is 0 Å². The van der Waals surface area contributed by atoms with Crippen molar-refractivity contribution in [3.05, 3.63) is 35.6 Å². The maximum Gasteiger partial charge on any atom is 0.320 e. The molecule has 1 aliphatic carbocycles. The van der Waals surface area contributed by atoms with Crippen LogP contribution in [0.3, 0.4) is 0 Å².